The van der Waals surface area contributed by atoms with Crippen molar-refractivity contribution in [3.8, 4) is 0 Å². The molecule has 1 aromatic carbocycles. The second-order valence-corrected chi connectivity index (χ2v) is 3.74. The van der Waals surface area contributed by atoms with Gasteiger partial charge in [0.25, 0.3) is 11.4 Å². The predicted octanol–water partition coefficient (Wildman–Crippen LogP) is 1.98. The van der Waals surface area contributed by atoms with E-state index in [9.17, 15) is 20.2 Å². The zero-order chi connectivity index (χ0) is 14.0. The molecular formula is C10H9N5O4. The van der Waals surface area contributed by atoms with Gasteiger partial charge in [-0.1, -0.05) is 0 Å². The molecule has 0 saturated heterocycles. The third-order valence-corrected chi connectivity index (χ3v) is 2.37. The Bertz CT molecular complexity index is 651. The van der Waals surface area contributed by atoms with E-state index in [1.54, 1.807) is 13.2 Å². The maximum atomic E-state index is 10.9. The summed E-state index contributed by atoms with van der Waals surface area (Å²) in [7, 11) is 1.70. The van der Waals surface area contributed by atoms with Crippen molar-refractivity contribution in [1.29, 1.82) is 0 Å². The minimum absolute atomic E-state index is 0.170. The van der Waals surface area contributed by atoms with Crippen LogP contribution in [0, 0.1) is 20.2 Å². The Morgan fingerprint density at radius 1 is 1.26 bits per heavy atom. The van der Waals surface area contributed by atoms with Gasteiger partial charge in [0.15, 0.2) is 0 Å². The summed E-state index contributed by atoms with van der Waals surface area (Å²) < 4.78 is 1.53. The van der Waals surface area contributed by atoms with Crippen LogP contribution in [0.3, 0.4) is 0 Å². The standard InChI is InChI=1S/C10H9N5O4/c1-13-6-7(5-11-13)12-9-3-2-8(14(16)17)4-10(9)15(18)19/h2-6,12H,1H3. The maximum absolute atomic E-state index is 10.9. The molecule has 0 unspecified atom stereocenters. The number of nitro groups is 2. The highest BCUT2D eigenvalue weighted by Crippen LogP contribution is 2.30. The Hall–Kier alpha value is -2.97. The smallest absolute Gasteiger partial charge is 0.299 e. The zero-order valence-electron chi connectivity index (χ0n) is 9.81. The minimum atomic E-state index is -0.680. The summed E-state index contributed by atoms with van der Waals surface area (Å²) >= 11 is 0. The number of nitro benzene ring substituents is 2. The van der Waals surface area contributed by atoms with Gasteiger partial charge in [0.05, 0.1) is 27.8 Å². The van der Waals surface area contributed by atoms with E-state index >= 15 is 0 Å². The molecule has 0 amide bonds. The zero-order valence-corrected chi connectivity index (χ0v) is 9.81. The first-order chi connectivity index (χ1) is 8.97. The quantitative estimate of drug-likeness (QED) is 0.665. The topological polar surface area (TPSA) is 116 Å². The number of hydrogen-bond donors (Lipinski definition) is 1. The number of benzene rings is 1. The largest absolute Gasteiger partial charge is 0.347 e. The summed E-state index contributed by atoms with van der Waals surface area (Å²) in [6.07, 6.45) is 3.12. The molecule has 19 heavy (non-hydrogen) atoms. The Morgan fingerprint density at radius 2 is 2.00 bits per heavy atom. The monoisotopic (exact) mass is 263 g/mol. The number of rotatable bonds is 4. The van der Waals surface area contributed by atoms with Crippen molar-refractivity contribution in [2.75, 3.05) is 5.32 Å². The molecule has 0 aliphatic heterocycles. The molecule has 0 atom stereocenters. The van der Waals surface area contributed by atoms with Gasteiger partial charge < -0.3 is 5.32 Å². The van der Waals surface area contributed by atoms with Gasteiger partial charge in [-0.15, -0.1) is 0 Å². The fourth-order valence-corrected chi connectivity index (χ4v) is 1.53. The van der Waals surface area contributed by atoms with Crippen LogP contribution in [0.5, 0.6) is 0 Å². The number of non-ortho nitro benzene ring substituents is 1. The van der Waals surface area contributed by atoms with Crippen LogP contribution in [0.2, 0.25) is 0 Å². The van der Waals surface area contributed by atoms with Crippen LogP contribution in [0.15, 0.2) is 30.6 Å². The minimum Gasteiger partial charge on any atom is -0.347 e. The van der Waals surface area contributed by atoms with E-state index in [1.165, 1.54) is 23.0 Å². The molecule has 9 heteroatoms. The van der Waals surface area contributed by atoms with E-state index in [4.69, 9.17) is 0 Å². The first kappa shape index (κ1) is 12.5. The molecule has 98 valence electrons. The predicted molar refractivity (Wildman–Crippen MR) is 66.2 cm³/mol. The number of nitrogens with zero attached hydrogens (tertiary/aromatic N) is 4. The number of anilines is 2. The van der Waals surface area contributed by atoms with Gasteiger partial charge >= 0.3 is 0 Å². The normalized spacial score (nSPS) is 10.2. The second kappa shape index (κ2) is 4.72. The molecule has 2 aromatic rings. The number of hydrogen-bond acceptors (Lipinski definition) is 6. The SMILES string of the molecule is Cn1cc(Nc2ccc([N+](=O)[O-])cc2[N+](=O)[O-])cn1. The van der Waals surface area contributed by atoms with Gasteiger partial charge in [0.1, 0.15) is 5.69 Å². The van der Waals surface area contributed by atoms with Gasteiger partial charge in [-0.3, -0.25) is 24.9 Å². The second-order valence-electron chi connectivity index (χ2n) is 3.74. The lowest BCUT2D eigenvalue weighted by atomic mass is 10.2. The fourth-order valence-electron chi connectivity index (χ4n) is 1.53. The summed E-state index contributed by atoms with van der Waals surface area (Å²) in [4.78, 5) is 20.2. The number of aromatic nitrogens is 2. The lowest BCUT2D eigenvalue weighted by molar-refractivity contribution is -0.393. The van der Waals surface area contributed by atoms with Crippen LogP contribution >= 0.6 is 0 Å². The molecule has 0 spiro atoms. The molecule has 0 bridgehead atoms. The first-order valence-corrected chi connectivity index (χ1v) is 5.16. The van der Waals surface area contributed by atoms with Crippen LogP contribution in [-0.4, -0.2) is 19.6 Å². The highest BCUT2D eigenvalue weighted by Gasteiger charge is 2.19. The van der Waals surface area contributed by atoms with Crippen molar-refractivity contribution in [3.63, 3.8) is 0 Å². The van der Waals surface area contributed by atoms with E-state index in [0.717, 1.165) is 6.07 Å². The van der Waals surface area contributed by atoms with Crippen LogP contribution in [-0.2, 0) is 7.05 Å². The van der Waals surface area contributed by atoms with Gasteiger partial charge in [0, 0.05) is 19.3 Å². The molecule has 1 aromatic heterocycles. The molecule has 9 nitrogen and oxygen atoms in total. The Labute approximate surface area is 106 Å². The summed E-state index contributed by atoms with van der Waals surface area (Å²) in [6.45, 7) is 0. The van der Waals surface area contributed by atoms with E-state index in [1.807, 2.05) is 0 Å². The van der Waals surface area contributed by atoms with Crippen molar-refractivity contribution in [3.05, 3.63) is 50.8 Å². The van der Waals surface area contributed by atoms with Crippen molar-refractivity contribution in [1.82, 2.24) is 9.78 Å². The lowest BCUT2D eigenvalue weighted by Gasteiger charge is -2.04. The molecule has 0 radical (unpaired) electrons. The summed E-state index contributed by atoms with van der Waals surface area (Å²) in [5, 5.41) is 28.2. The number of aryl methyl sites for hydroxylation is 1. The molecule has 0 saturated carbocycles. The average Bonchev–Trinajstić information content (AvgIpc) is 2.74. The highest BCUT2D eigenvalue weighted by atomic mass is 16.6. The summed E-state index contributed by atoms with van der Waals surface area (Å²) in [6, 6.07) is 3.41. The maximum Gasteiger partial charge on any atom is 0.299 e. The van der Waals surface area contributed by atoms with Gasteiger partial charge in [0.2, 0.25) is 0 Å². The number of nitrogens with one attached hydrogen (secondary N) is 1. The van der Waals surface area contributed by atoms with Crippen LogP contribution in [0.4, 0.5) is 22.7 Å². The summed E-state index contributed by atoms with van der Waals surface area (Å²) in [5.41, 5.74) is 0.0320. The molecule has 2 rings (SSSR count). The molecule has 0 aliphatic rings. The van der Waals surface area contributed by atoms with Crippen molar-refractivity contribution in [2.24, 2.45) is 7.05 Å². The lowest BCUT2D eigenvalue weighted by Crippen LogP contribution is -1.98. The Kier molecular flexibility index (Phi) is 3.10. The van der Waals surface area contributed by atoms with Crippen molar-refractivity contribution >= 4 is 22.7 Å². The van der Waals surface area contributed by atoms with E-state index in [0.29, 0.717) is 5.69 Å². The van der Waals surface area contributed by atoms with E-state index < -0.39 is 9.85 Å². The van der Waals surface area contributed by atoms with Gasteiger partial charge in [-0.2, -0.15) is 5.10 Å². The Balaban J connectivity index is 2.39. The third-order valence-electron chi connectivity index (χ3n) is 2.37. The van der Waals surface area contributed by atoms with Crippen LogP contribution in [0.25, 0.3) is 0 Å². The van der Waals surface area contributed by atoms with E-state index in [2.05, 4.69) is 10.4 Å². The van der Waals surface area contributed by atoms with Crippen molar-refractivity contribution < 1.29 is 9.85 Å². The van der Waals surface area contributed by atoms with Crippen LogP contribution in [0.1, 0.15) is 0 Å². The fraction of sp³-hybridized carbons (Fsp3) is 0.100. The molecular weight excluding hydrogens is 254 g/mol. The summed E-state index contributed by atoms with van der Waals surface area (Å²) in [5.74, 6) is 0. The molecule has 1 N–H and O–H groups in total. The molecule has 1 heterocycles. The molecule has 0 aliphatic carbocycles. The van der Waals surface area contributed by atoms with Crippen molar-refractivity contribution in [2.45, 2.75) is 0 Å². The average molecular weight is 263 g/mol. The highest BCUT2D eigenvalue weighted by molar-refractivity contribution is 5.71. The van der Waals surface area contributed by atoms with Gasteiger partial charge in [-0.05, 0) is 6.07 Å². The Morgan fingerprint density at radius 3 is 2.53 bits per heavy atom. The van der Waals surface area contributed by atoms with Gasteiger partial charge in [-0.25, -0.2) is 0 Å². The van der Waals surface area contributed by atoms with E-state index in [-0.39, 0.29) is 17.1 Å². The third kappa shape index (κ3) is 2.65. The molecule has 0 fully saturated rings. The van der Waals surface area contributed by atoms with Crippen LogP contribution < -0.4 is 5.32 Å². The first-order valence-electron chi connectivity index (χ1n) is 5.16.